The van der Waals surface area contributed by atoms with Gasteiger partial charge in [-0.3, -0.25) is 9.59 Å². The zero-order valence-corrected chi connectivity index (χ0v) is 14.4. The maximum Gasteiger partial charge on any atom is 0.406 e. The lowest BCUT2D eigenvalue weighted by molar-refractivity contribution is -0.140. The summed E-state index contributed by atoms with van der Waals surface area (Å²) in [5.74, 6) is -1.23. The molecule has 2 rings (SSSR count). The van der Waals surface area contributed by atoms with Crippen LogP contribution in [0.1, 0.15) is 33.2 Å². The second-order valence-electron chi connectivity index (χ2n) is 5.91. The van der Waals surface area contributed by atoms with E-state index in [0.29, 0.717) is 5.56 Å². The number of nitrogens with zero attached hydrogens (tertiary/aromatic N) is 1. The predicted octanol–water partition coefficient (Wildman–Crippen LogP) is 3.79. The second kappa shape index (κ2) is 7.59. The molecule has 0 aromatic heterocycles. The van der Waals surface area contributed by atoms with Gasteiger partial charge in [0.25, 0.3) is 5.91 Å². The number of halogens is 3. The summed E-state index contributed by atoms with van der Waals surface area (Å²) < 4.78 is 37.7. The summed E-state index contributed by atoms with van der Waals surface area (Å²) in [6, 6.07) is 11.3. The van der Waals surface area contributed by atoms with Gasteiger partial charge in [-0.25, -0.2) is 0 Å². The third-order valence-electron chi connectivity index (χ3n) is 4.00. The molecule has 0 saturated heterocycles. The van der Waals surface area contributed by atoms with Gasteiger partial charge in [-0.05, 0) is 54.8 Å². The van der Waals surface area contributed by atoms with Gasteiger partial charge in [0.2, 0.25) is 5.91 Å². The van der Waals surface area contributed by atoms with Crippen LogP contribution in [0, 0.1) is 6.92 Å². The molecule has 2 aromatic rings. The number of aryl methyl sites for hydroxylation is 1. The average molecular weight is 364 g/mol. The highest BCUT2D eigenvalue weighted by atomic mass is 19.4. The van der Waals surface area contributed by atoms with Crippen molar-refractivity contribution in [1.82, 2.24) is 4.90 Å². The molecule has 0 spiro atoms. The van der Waals surface area contributed by atoms with Crippen LogP contribution in [0.15, 0.2) is 42.5 Å². The summed E-state index contributed by atoms with van der Waals surface area (Å²) >= 11 is 0. The Morgan fingerprint density at radius 2 is 1.62 bits per heavy atom. The molecule has 0 heterocycles. The second-order valence-corrected chi connectivity index (χ2v) is 5.91. The number of carbonyl (C=O) groups is 2. The molecule has 26 heavy (non-hydrogen) atoms. The Balaban J connectivity index is 2.29. The molecule has 0 atom stereocenters. The normalized spacial score (nSPS) is 11.3. The van der Waals surface area contributed by atoms with E-state index in [0.717, 1.165) is 21.6 Å². The summed E-state index contributed by atoms with van der Waals surface area (Å²) in [5.41, 5.74) is 8.23. The molecule has 0 fully saturated rings. The lowest BCUT2D eigenvalue weighted by atomic mass is 9.97. The molecule has 4 nitrogen and oxygen atoms in total. The number of alkyl halides is 3. The van der Waals surface area contributed by atoms with E-state index in [1.54, 1.807) is 30.3 Å². The number of amides is 2. The van der Waals surface area contributed by atoms with Crippen LogP contribution in [-0.4, -0.2) is 36.0 Å². The fourth-order valence-corrected chi connectivity index (χ4v) is 2.60. The van der Waals surface area contributed by atoms with E-state index in [2.05, 4.69) is 0 Å². The first-order valence-corrected chi connectivity index (χ1v) is 7.99. The average Bonchev–Trinajstić information content (AvgIpc) is 2.58. The first-order chi connectivity index (χ1) is 12.1. The van der Waals surface area contributed by atoms with Crippen molar-refractivity contribution in [2.75, 3.05) is 13.1 Å². The van der Waals surface area contributed by atoms with E-state index < -0.39 is 24.5 Å². The maximum absolute atomic E-state index is 12.6. The Bertz CT molecular complexity index is 815. The van der Waals surface area contributed by atoms with Crippen LogP contribution in [0.2, 0.25) is 0 Å². The smallest absolute Gasteiger partial charge is 0.366 e. The van der Waals surface area contributed by atoms with Gasteiger partial charge in [0.1, 0.15) is 6.54 Å². The molecule has 2 aromatic carbocycles. The van der Waals surface area contributed by atoms with Crippen molar-refractivity contribution in [3.05, 3.63) is 59.2 Å². The number of carbonyl (C=O) groups excluding carboxylic acids is 2. The van der Waals surface area contributed by atoms with Gasteiger partial charge < -0.3 is 10.6 Å². The molecule has 0 aliphatic heterocycles. The number of nitrogens with two attached hydrogens (primary N) is 1. The topological polar surface area (TPSA) is 63.4 Å². The molecule has 2 N–H and O–H groups in total. The zero-order valence-electron chi connectivity index (χ0n) is 14.4. The summed E-state index contributed by atoms with van der Waals surface area (Å²) in [4.78, 5) is 24.4. The van der Waals surface area contributed by atoms with E-state index in [4.69, 9.17) is 5.73 Å². The summed E-state index contributed by atoms with van der Waals surface area (Å²) in [7, 11) is 0. The molecule has 0 radical (unpaired) electrons. The standard InChI is InChI=1S/C19H19F3N2O2/c1-3-24(11-19(20,21)22)18(26)14-8-6-13(7-9-14)16-10-15(17(23)25)5-4-12(16)2/h4-10H,3,11H2,1-2H3,(H2,23,25). The van der Waals surface area contributed by atoms with Gasteiger partial charge in [-0.2, -0.15) is 13.2 Å². The molecule has 138 valence electrons. The zero-order chi connectivity index (χ0) is 19.5. The predicted molar refractivity (Wildman–Crippen MR) is 92.8 cm³/mol. The van der Waals surface area contributed by atoms with Crippen molar-refractivity contribution in [3.63, 3.8) is 0 Å². The Hall–Kier alpha value is -2.83. The van der Waals surface area contributed by atoms with Crippen molar-refractivity contribution in [3.8, 4) is 11.1 Å². The number of rotatable bonds is 5. The Morgan fingerprint density at radius 1 is 1.04 bits per heavy atom. The van der Waals surface area contributed by atoms with Crippen LogP contribution in [0.25, 0.3) is 11.1 Å². The minimum atomic E-state index is -4.45. The molecule has 0 aliphatic carbocycles. The van der Waals surface area contributed by atoms with Gasteiger partial charge >= 0.3 is 6.18 Å². The largest absolute Gasteiger partial charge is 0.406 e. The molecular formula is C19H19F3N2O2. The van der Waals surface area contributed by atoms with Crippen LogP contribution >= 0.6 is 0 Å². The highest BCUT2D eigenvalue weighted by molar-refractivity contribution is 5.96. The van der Waals surface area contributed by atoms with Crippen LogP contribution in [-0.2, 0) is 0 Å². The van der Waals surface area contributed by atoms with Crippen molar-refractivity contribution >= 4 is 11.8 Å². The van der Waals surface area contributed by atoms with E-state index in [1.807, 2.05) is 6.92 Å². The van der Waals surface area contributed by atoms with Gasteiger partial charge in [0, 0.05) is 17.7 Å². The van der Waals surface area contributed by atoms with Crippen LogP contribution in [0.4, 0.5) is 13.2 Å². The van der Waals surface area contributed by atoms with Gasteiger partial charge in [0.05, 0.1) is 0 Å². The molecule has 2 amide bonds. The van der Waals surface area contributed by atoms with Crippen LogP contribution in [0.5, 0.6) is 0 Å². The quantitative estimate of drug-likeness (QED) is 0.877. The fourth-order valence-electron chi connectivity index (χ4n) is 2.60. The Morgan fingerprint density at radius 3 is 2.12 bits per heavy atom. The lowest BCUT2D eigenvalue weighted by Crippen LogP contribution is -2.38. The van der Waals surface area contributed by atoms with E-state index >= 15 is 0 Å². The highest BCUT2D eigenvalue weighted by Crippen LogP contribution is 2.26. The minimum Gasteiger partial charge on any atom is -0.366 e. The van der Waals surface area contributed by atoms with Crippen molar-refractivity contribution in [2.24, 2.45) is 5.73 Å². The first kappa shape index (κ1) is 19.5. The number of hydrogen-bond acceptors (Lipinski definition) is 2. The molecule has 7 heteroatoms. The summed E-state index contributed by atoms with van der Waals surface area (Å²) in [6.45, 7) is 2.03. The van der Waals surface area contributed by atoms with Gasteiger partial charge in [-0.15, -0.1) is 0 Å². The minimum absolute atomic E-state index is 0.0418. The van der Waals surface area contributed by atoms with Gasteiger partial charge in [0.15, 0.2) is 0 Å². The van der Waals surface area contributed by atoms with Crippen molar-refractivity contribution in [2.45, 2.75) is 20.0 Å². The third kappa shape index (κ3) is 4.62. The van der Waals surface area contributed by atoms with Crippen molar-refractivity contribution < 1.29 is 22.8 Å². The van der Waals surface area contributed by atoms with E-state index in [1.165, 1.54) is 19.1 Å². The first-order valence-electron chi connectivity index (χ1n) is 7.99. The number of primary amides is 1. The monoisotopic (exact) mass is 364 g/mol. The molecule has 0 bridgehead atoms. The summed E-state index contributed by atoms with van der Waals surface area (Å²) in [5, 5.41) is 0. The lowest BCUT2D eigenvalue weighted by Gasteiger charge is -2.22. The SMILES string of the molecule is CCN(CC(F)(F)F)C(=O)c1ccc(-c2cc(C(N)=O)ccc2C)cc1. The van der Waals surface area contributed by atoms with Crippen molar-refractivity contribution in [1.29, 1.82) is 0 Å². The molecule has 0 unspecified atom stereocenters. The molecule has 0 saturated carbocycles. The fraction of sp³-hybridized carbons (Fsp3) is 0.263. The third-order valence-corrected chi connectivity index (χ3v) is 4.00. The number of benzene rings is 2. The van der Waals surface area contributed by atoms with E-state index in [-0.39, 0.29) is 12.1 Å². The van der Waals surface area contributed by atoms with E-state index in [9.17, 15) is 22.8 Å². The van der Waals surface area contributed by atoms with Crippen LogP contribution < -0.4 is 5.73 Å². The Labute approximate surface area is 149 Å². The van der Waals surface area contributed by atoms with Crippen LogP contribution in [0.3, 0.4) is 0 Å². The highest BCUT2D eigenvalue weighted by Gasteiger charge is 2.32. The summed E-state index contributed by atoms with van der Waals surface area (Å²) in [6.07, 6.45) is -4.45. The number of hydrogen-bond donors (Lipinski definition) is 1. The maximum atomic E-state index is 12.6. The van der Waals surface area contributed by atoms with Gasteiger partial charge in [-0.1, -0.05) is 18.2 Å². The molecular weight excluding hydrogens is 345 g/mol. The Kier molecular flexibility index (Phi) is 5.69. The molecule has 0 aliphatic rings.